The van der Waals surface area contributed by atoms with E-state index >= 15 is 4.39 Å². The average molecular weight is 366 g/mol. The van der Waals surface area contributed by atoms with Crippen LogP contribution >= 0.6 is 7.14 Å². The summed E-state index contributed by atoms with van der Waals surface area (Å²) in [6.07, 6.45) is 0. The molecule has 0 fully saturated rings. The Kier molecular flexibility index (Phi) is 5.22. The van der Waals surface area contributed by atoms with Crippen molar-refractivity contribution in [3.63, 3.8) is 0 Å². The maximum absolute atomic E-state index is 15.2. The summed E-state index contributed by atoms with van der Waals surface area (Å²) in [5.74, 6) is 0.254. The summed E-state index contributed by atoms with van der Waals surface area (Å²) >= 11 is 0. The Morgan fingerprint density at radius 3 is 1.65 bits per heavy atom. The zero-order valence-corrected chi connectivity index (χ0v) is 15.3. The lowest BCUT2D eigenvalue weighted by Gasteiger charge is -2.24. The van der Waals surface area contributed by atoms with Gasteiger partial charge < -0.3 is 9.67 Å². The second-order valence-electron chi connectivity index (χ2n) is 6.24. The lowest BCUT2D eigenvalue weighted by molar-refractivity contribution is 0.0724. The van der Waals surface area contributed by atoms with Gasteiger partial charge in [-0.1, -0.05) is 91.0 Å². The molecule has 1 unspecified atom stereocenters. The molecule has 0 aliphatic carbocycles. The predicted octanol–water partition coefficient (Wildman–Crippen LogP) is 4.72. The molecule has 0 heterocycles. The molecule has 132 valence electrons. The first-order valence-corrected chi connectivity index (χ1v) is 10.1. The van der Waals surface area contributed by atoms with Gasteiger partial charge in [0.25, 0.3) is 0 Å². The third kappa shape index (κ3) is 3.55. The zero-order valence-electron chi connectivity index (χ0n) is 14.4. The molecular weight excluding hydrogens is 346 g/mol. The minimum Gasteiger partial charge on any atom is -0.378 e. The van der Waals surface area contributed by atoms with Gasteiger partial charge in [-0.3, -0.25) is 0 Å². The van der Waals surface area contributed by atoms with Gasteiger partial charge in [-0.15, -0.1) is 0 Å². The van der Waals surface area contributed by atoms with Gasteiger partial charge in [0, 0.05) is 16.4 Å². The molecule has 3 aromatic carbocycles. The van der Waals surface area contributed by atoms with E-state index in [0.717, 1.165) is 5.82 Å². The van der Waals surface area contributed by atoms with Crippen LogP contribution in [0, 0.1) is 0 Å². The van der Waals surface area contributed by atoms with E-state index in [0.29, 0.717) is 16.2 Å². The Morgan fingerprint density at radius 2 is 1.23 bits per heavy atom. The average Bonchev–Trinajstić information content (AvgIpc) is 2.70. The van der Waals surface area contributed by atoms with Crippen LogP contribution in [0.1, 0.15) is 12.5 Å². The molecule has 3 rings (SSSR count). The molecule has 1 N–H and O–H groups in total. The zero-order chi connectivity index (χ0) is 18.6. The highest BCUT2D eigenvalue weighted by Gasteiger charge is 2.33. The normalized spacial score (nSPS) is 14.7. The molecule has 3 aromatic rings. The quantitative estimate of drug-likeness (QED) is 0.664. The van der Waals surface area contributed by atoms with E-state index < -0.39 is 18.6 Å². The topological polar surface area (TPSA) is 37.3 Å². The molecule has 0 aliphatic heterocycles. The second-order valence-corrected chi connectivity index (χ2v) is 8.85. The molecule has 0 radical (unpaired) electrons. The summed E-state index contributed by atoms with van der Waals surface area (Å²) in [4.78, 5) is 0. The minimum atomic E-state index is -3.39. The van der Waals surface area contributed by atoms with Crippen molar-refractivity contribution in [3.05, 3.63) is 108 Å². The summed E-state index contributed by atoms with van der Waals surface area (Å²) in [6, 6.07) is 26.1. The molecule has 0 bridgehead atoms. The van der Waals surface area contributed by atoms with Crippen LogP contribution in [0.4, 0.5) is 4.39 Å². The lowest BCUT2D eigenvalue weighted by atomic mass is 9.95. The van der Waals surface area contributed by atoms with E-state index in [2.05, 4.69) is 0 Å². The van der Waals surface area contributed by atoms with Gasteiger partial charge in [-0.2, -0.15) is 0 Å². The highest BCUT2D eigenvalue weighted by atomic mass is 31.2. The van der Waals surface area contributed by atoms with Crippen molar-refractivity contribution in [1.82, 2.24) is 0 Å². The van der Waals surface area contributed by atoms with Crippen molar-refractivity contribution in [3.8, 4) is 0 Å². The number of hydrogen-bond acceptors (Lipinski definition) is 2. The highest BCUT2D eigenvalue weighted by Crippen LogP contribution is 2.48. The third-order valence-electron chi connectivity index (χ3n) is 4.38. The summed E-state index contributed by atoms with van der Waals surface area (Å²) in [5, 5.41) is 11.8. The van der Waals surface area contributed by atoms with E-state index in [-0.39, 0.29) is 0 Å². The summed E-state index contributed by atoms with van der Waals surface area (Å²) in [5.41, 5.74) is -1.46. The van der Waals surface area contributed by atoms with Crippen molar-refractivity contribution >= 4 is 17.8 Å². The predicted molar refractivity (Wildman–Crippen MR) is 105 cm³/mol. The molecule has 0 aromatic heterocycles. The maximum atomic E-state index is 15.2. The van der Waals surface area contributed by atoms with Crippen molar-refractivity contribution in [2.45, 2.75) is 12.5 Å². The van der Waals surface area contributed by atoms with E-state index in [1.165, 1.54) is 6.92 Å². The number of benzene rings is 3. The highest BCUT2D eigenvalue weighted by molar-refractivity contribution is 7.81. The van der Waals surface area contributed by atoms with Crippen LogP contribution in [0.2, 0.25) is 0 Å². The van der Waals surface area contributed by atoms with Crippen molar-refractivity contribution < 1.29 is 14.1 Å². The molecule has 0 spiro atoms. The van der Waals surface area contributed by atoms with Crippen LogP contribution in [0.25, 0.3) is 0 Å². The number of hydrogen-bond donors (Lipinski definition) is 1. The Hall–Kier alpha value is -2.48. The molecule has 26 heavy (non-hydrogen) atoms. The van der Waals surface area contributed by atoms with E-state index in [1.807, 2.05) is 12.1 Å². The fourth-order valence-corrected chi connectivity index (χ4v) is 5.18. The fourth-order valence-electron chi connectivity index (χ4n) is 2.78. The molecule has 2 nitrogen and oxygen atoms in total. The first-order valence-electron chi connectivity index (χ1n) is 8.32. The smallest absolute Gasteiger partial charge is 0.166 e. The van der Waals surface area contributed by atoms with Crippen molar-refractivity contribution in [1.29, 1.82) is 0 Å². The van der Waals surface area contributed by atoms with Gasteiger partial charge in [0.1, 0.15) is 11.4 Å². The van der Waals surface area contributed by atoms with Gasteiger partial charge in [0.05, 0.1) is 0 Å². The number of halogens is 1. The third-order valence-corrected chi connectivity index (χ3v) is 7.10. The summed E-state index contributed by atoms with van der Waals surface area (Å²) in [6.45, 7) is 1.37. The molecule has 0 aliphatic rings. The molecular formula is C22H20FO2P. The first-order chi connectivity index (χ1) is 12.4. The fraction of sp³-hybridized carbons (Fsp3) is 0.0909. The molecule has 4 heteroatoms. The van der Waals surface area contributed by atoms with Crippen molar-refractivity contribution in [2.75, 3.05) is 0 Å². The monoisotopic (exact) mass is 366 g/mol. The summed E-state index contributed by atoms with van der Waals surface area (Å²) in [7, 11) is -3.39. The molecule has 0 saturated carbocycles. The van der Waals surface area contributed by atoms with Gasteiger partial charge in [0.2, 0.25) is 0 Å². The largest absolute Gasteiger partial charge is 0.378 e. The van der Waals surface area contributed by atoms with Gasteiger partial charge in [-0.25, -0.2) is 4.39 Å². The van der Waals surface area contributed by atoms with Crippen LogP contribution in [0.3, 0.4) is 0 Å². The SMILES string of the molecule is CC(O)(/C(F)=C\P(=O)(c1ccccc1)c1ccccc1)c1ccccc1. The first kappa shape index (κ1) is 18.3. The van der Waals surface area contributed by atoms with Crippen LogP contribution in [-0.4, -0.2) is 5.11 Å². The molecule has 0 saturated heterocycles. The van der Waals surface area contributed by atoms with Crippen LogP contribution in [0.5, 0.6) is 0 Å². The Labute approximate surface area is 153 Å². The van der Waals surface area contributed by atoms with Gasteiger partial charge in [0.15, 0.2) is 7.14 Å². The van der Waals surface area contributed by atoms with Crippen LogP contribution in [0.15, 0.2) is 103 Å². The molecule has 0 amide bonds. The summed E-state index contributed by atoms with van der Waals surface area (Å²) < 4.78 is 29.0. The van der Waals surface area contributed by atoms with Gasteiger partial charge in [-0.05, 0) is 12.5 Å². The lowest BCUT2D eigenvalue weighted by Crippen LogP contribution is -2.23. The van der Waals surface area contributed by atoms with Crippen molar-refractivity contribution in [2.24, 2.45) is 0 Å². The van der Waals surface area contributed by atoms with E-state index in [1.54, 1.807) is 78.9 Å². The Bertz CT molecular complexity index is 892. The van der Waals surface area contributed by atoms with E-state index in [4.69, 9.17) is 0 Å². The standard InChI is InChI=1S/C22H20FO2P/c1-22(24,18-11-5-2-6-12-18)21(23)17-26(25,19-13-7-3-8-14-19)20-15-9-4-10-16-20/h2-17,24H,1H3/b21-17+. The van der Waals surface area contributed by atoms with Crippen LogP contribution in [-0.2, 0) is 10.2 Å². The number of rotatable bonds is 5. The molecule has 1 atom stereocenters. The Balaban J connectivity index is 2.15. The van der Waals surface area contributed by atoms with Gasteiger partial charge >= 0.3 is 0 Å². The van der Waals surface area contributed by atoms with Crippen LogP contribution < -0.4 is 10.6 Å². The maximum Gasteiger partial charge on any atom is 0.166 e. The minimum absolute atomic E-state index is 0.404. The Morgan fingerprint density at radius 1 is 0.846 bits per heavy atom. The second kappa shape index (κ2) is 7.41. The number of aliphatic hydroxyl groups is 1. The van der Waals surface area contributed by atoms with E-state index in [9.17, 15) is 9.67 Å².